The Morgan fingerprint density at radius 3 is 1.95 bits per heavy atom. The van der Waals surface area contributed by atoms with Gasteiger partial charge in [-0.05, 0) is 79.3 Å². The van der Waals surface area contributed by atoms with Crippen molar-refractivity contribution >= 4 is 18.1 Å². The molecule has 7 nitrogen and oxygen atoms in total. The Labute approximate surface area is 232 Å². The molecule has 0 aliphatic rings. The molecule has 212 valence electrons. The molecule has 2 aromatic rings. The van der Waals surface area contributed by atoms with Crippen LogP contribution in [0.1, 0.15) is 76.1 Å². The second-order valence-electron chi connectivity index (χ2n) is 9.83. The van der Waals surface area contributed by atoms with Crippen molar-refractivity contribution in [2.24, 2.45) is 11.8 Å². The summed E-state index contributed by atoms with van der Waals surface area (Å²) in [5.41, 5.74) is 2.38. The Morgan fingerprint density at radius 2 is 1.38 bits per heavy atom. The van der Waals surface area contributed by atoms with Gasteiger partial charge in [0.25, 0.3) is 0 Å². The summed E-state index contributed by atoms with van der Waals surface area (Å²) in [5.74, 6) is 0.505. The first-order valence-corrected chi connectivity index (χ1v) is 13.9. The summed E-state index contributed by atoms with van der Waals surface area (Å²) in [7, 11) is 0. The van der Waals surface area contributed by atoms with Gasteiger partial charge in [0.05, 0.1) is 25.4 Å². The highest BCUT2D eigenvalue weighted by atomic mass is 16.7. The zero-order valence-electron chi connectivity index (χ0n) is 23.5. The Bertz CT molecular complexity index is 1030. The maximum atomic E-state index is 12.5. The van der Waals surface area contributed by atoms with Gasteiger partial charge in [0.2, 0.25) is 0 Å². The lowest BCUT2D eigenvalue weighted by molar-refractivity contribution is -0.137. The largest absolute Gasteiger partial charge is 0.513 e. The SMILES string of the molecule is C=CC(=O)OCCCCCCOC(=O)Oc1ccc(-c2ccc(C(=O)OCC(CCCC)C(C)C)cc2)cc1. The first kappa shape index (κ1) is 31.6. The monoisotopic (exact) mass is 538 g/mol. The number of hydrogen-bond acceptors (Lipinski definition) is 7. The summed E-state index contributed by atoms with van der Waals surface area (Å²) >= 11 is 0. The minimum absolute atomic E-state index is 0.259. The van der Waals surface area contributed by atoms with Gasteiger partial charge in [-0.3, -0.25) is 0 Å². The minimum Gasteiger partial charge on any atom is -0.463 e. The second-order valence-corrected chi connectivity index (χ2v) is 9.83. The molecule has 0 saturated carbocycles. The van der Waals surface area contributed by atoms with Gasteiger partial charge < -0.3 is 18.9 Å². The Hall–Kier alpha value is -3.61. The third-order valence-electron chi connectivity index (χ3n) is 6.48. The van der Waals surface area contributed by atoms with E-state index in [0.29, 0.717) is 42.8 Å². The highest BCUT2D eigenvalue weighted by Gasteiger charge is 2.16. The zero-order valence-corrected chi connectivity index (χ0v) is 23.5. The summed E-state index contributed by atoms with van der Waals surface area (Å²) < 4.78 is 20.9. The van der Waals surface area contributed by atoms with E-state index in [2.05, 4.69) is 27.4 Å². The number of hydrogen-bond donors (Lipinski definition) is 0. The molecule has 0 radical (unpaired) electrons. The fraction of sp³-hybridized carbons (Fsp3) is 0.469. The van der Waals surface area contributed by atoms with E-state index in [1.807, 2.05) is 24.3 Å². The van der Waals surface area contributed by atoms with E-state index >= 15 is 0 Å². The standard InChI is InChI=1S/C32H42O7/c1-5-7-12-28(24(3)4)23-38-31(34)27-15-13-25(14-16-27)26-17-19-29(20-18-26)39-32(35)37-22-11-9-8-10-21-36-30(33)6-2/h6,13-20,24,28H,2,5,7-12,21-23H2,1,3-4H3. The van der Waals surface area contributed by atoms with Gasteiger partial charge >= 0.3 is 18.1 Å². The van der Waals surface area contributed by atoms with Crippen molar-refractivity contribution in [2.75, 3.05) is 19.8 Å². The van der Waals surface area contributed by atoms with Crippen LogP contribution in [-0.2, 0) is 19.0 Å². The van der Waals surface area contributed by atoms with E-state index < -0.39 is 12.1 Å². The third kappa shape index (κ3) is 12.2. The molecule has 0 heterocycles. The quantitative estimate of drug-likeness (QED) is 0.0668. The van der Waals surface area contributed by atoms with Gasteiger partial charge in [0.15, 0.2) is 0 Å². The summed E-state index contributed by atoms with van der Waals surface area (Å²) in [6, 6.07) is 14.4. The average Bonchev–Trinajstić information content (AvgIpc) is 2.94. The lowest BCUT2D eigenvalue weighted by Crippen LogP contribution is -2.19. The molecule has 0 bridgehead atoms. The van der Waals surface area contributed by atoms with Crippen LogP contribution in [0.5, 0.6) is 5.75 Å². The van der Waals surface area contributed by atoms with Gasteiger partial charge in [-0.1, -0.05) is 64.5 Å². The summed E-state index contributed by atoms with van der Waals surface area (Å²) in [5, 5.41) is 0. The second kappa shape index (κ2) is 17.8. The van der Waals surface area contributed by atoms with Crippen LogP contribution in [0.4, 0.5) is 4.79 Å². The molecule has 2 rings (SSSR count). The van der Waals surface area contributed by atoms with Crippen LogP contribution in [0.2, 0.25) is 0 Å². The van der Waals surface area contributed by atoms with Crippen molar-refractivity contribution in [1.29, 1.82) is 0 Å². The fourth-order valence-corrected chi connectivity index (χ4v) is 3.93. The van der Waals surface area contributed by atoms with Crippen LogP contribution < -0.4 is 4.74 Å². The molecule has 0 aromatic heterocycles. The van der Waals surface area contributed by atoms with Crippen LogP contribution in [0.3, 0.4) is 0 Å². The fourth-order valence-electron chi connectivity index (χ4n) is 3.93. The van der Waals surface area contributed by atoms with Crippen LogP contribution in [0.25, 0.3) is 11.1 Å². The molecule has 0 N–H and O–H groups in total. The van der Waals surface area contributed by atoms with Crippen molar-refractivity contribution in [2.45, 2.75) is 65.7 Å². The first-order valence-electron chi connectivity index (χ1n) is 13.9. The number of rotatable bonds is 17. The van der Waals surface area contributed by atoms with E-state index in [0.717, 1.165) is 55.7 Å². The van der Waals surface area contributed by atoms with E-state index in [9.17, 15) is 14.4 Å². The lowest BCUT2D eigenvalue weighted by Gasteiger charge is -2.20. The average molecular weight is 539 g/mol. The molecule has 0 aliphatic heterocycles. The molecule has 1 atom stereocenters. The lowest BCUT2D eigenvalue weighted by atomic mass is 9.91. The number of carbonyl (C=O) groups is 3. The minimum atomic E-state index is -0.750. The zero-order chi connectivity index (χ0) is 28.5. The highest BCUT2D eigenvalue weighted by molar-refractivity contribution is 5.90. The van der Waals surface area contributed by atoms with Gasteiger partial charge in [0, 0.05) is 6.08 Å². The molecule has 0 aliphatic carbocycles. The Morgan fingerprint density at radius 1 is 0.795 bits per heavy atom. The predicted octanol–water partition coefficient (Wildman–Crippen LogP) is 7.78. The number of unbranched alkanes of at least 4 members (excludes halogenated alkanes) is 4. The van der Waals surface area contributed by atoms with Crippen molar-refractivity contribution in [3.05, 3.63) is 66.7 Å². The van der Waals surface area contributed by atoms with Gasteiger partial charge in [-0.15, -0.1) is 0 Å². The van der Waals surface area contributed by atoms with Crippen LogP contribution in [0.15, 0.2) is 61.2 Å². The maximum Gasteiger partial charge on any atom is 0.513 e. The van der Waals surface area contributed by atoms with E-state index in [1.54, 1.807) is 24.3 Å². The summed E-state index contributed by atoms with van der Waals surface area (Å²) in [6.07, 6.45) is 6.89. The van der Waals surface area contributed by atoms with Gasteiger partial charge in [-0.25, -0.2) is 14.4 Å². The molecule has 0 fully saturated rings. The molecule has 0 spiro atoms. The van der Waals surface area contributed by atoms with Crippen molar-refractivity contribution < 1.29 is 33.3 Å². The molecular weight excluding hydrogens is 496 g/mol. The molecule has 1 unspecified atom stereocenters. The van der Waals surface area contributed by atoms with Crippen molar-refractivity contribution in [3.63, 3.8) is 0 Å². The van der Waals surface area contributed by atoms with Gasteiger partial charge in [0.1, 0.15) is 5.75 Å². The van der Waals surface area contributed by atoms with Crippen LogP contribution >= 0.6 is 0 Å². The molecule has 39 heavy (non-hydrogen) atoms. The van der Waals surface area contributed by atoms with Crippen LogP contribution in [-0.4, -0.2) is 37.9 Å². The molecular formula is C32H42O7. The number of esters is 2. The molecule has 0 saturated heterocycles. The summed E-state index contributed by atoms with van der Waals surface area (Å²) in [4.78, 5) is 35.4. The van der Waals surface area contributed by atoms with Crippen molar-refractivity contribution in [3.8, 4) is 16.9 Å². The van der Waals surface area contributed by atoms with E-state index in [-0.39, 0.29) is 12.6 Å². The van der Waals surface area contributed by atoms with E-state index in [1.165, 1.54) is 0 Å². The van der Waals surface area contributed by atoms with Gasteiger partial charge in [-0.2, -0.15) is 0 Å². The number of carbonyl (C=O) groups excluding carboxylic acids is 3. The molecule has 7 heteroatoms. The smallest absolute Gasteiger partial charge is 0.463 e. The topological polar surface area (TPSA) is 88.1 Å². The Kier molecular flexibility index (Phi) is 14.4. The summed E-state index contributed by atoms with van der Waals surface area (Å²) in [6.45, 7) is 10.9. The first-order chi connectivity index (χ1) is 18.8. The molecule has 2 aromatic carbocycles. The predicted molar refractivity (Wildman–Crippen MR) is 152 cm³/mol. The third-order valence-corrected chi connectivity index (χ3v) is 6.48. The highest BCUT2D eigenvalue weighted by Crippen LogP contribution is 2.24. The number of ether oxygens (including phenoxy) is 4. The van der Waals surface area contributed by atoms with Crippen LogP contribution in [0, 0.1) is 11.8 Å². The molecule has 0 amide bonds. The van der Waals surface area contributed by atoms with E-state index in [4.69, 9.17) is 18.9 Å². The number of benzene rings is 2. The van der Waals surface area contributed by atoms with Crippen molar-refractivity contribution in [1.82, 2.24) is 0 Å². The maximum absolute atomic E-state index is 12.5. The normalized spacial score (nSPS) is 11.5. The Balaban J connectivity index is 1.73.